The van der Waals surface area contributed by atoms with Crippen LogP contribution >= 0.6 is 0 Å². The van der Waals surface area contributed by atoms with Gasteiger partial charge in [-0.25, -0.2) is 0 Å². The van der Waals surface area contributed by atoms with Crippen molar-refractivity contribution >= 4 is 17.6 Å². The minimum Gasteiger partial charge on any atom is -0.481 e. The SMILES string of the molecule is CCCCCCCCCCCCC(=O)O.CCN(CC)CC(=O)Nc1c(C)cccc1C. The van der Waals surface area contributed by atoms with E-state index in [0.29, 0.717) is 13.0 Å². The first kappa shape index (κ1) is 30.1. The van der Waals surface area contributed by atoms with Crippen molar-refractivity contribution in [3.05, 3.63) is 29.3 Å². The second-order valence-corrected chi connectivity index (χ2v) is 8.60. The second kappa shape index (κ2) is 19.8. The van der Waals surface area contributed by atoms with Crippen LogP contribution in [0, 0.1) is 13.8 Å². The van der Waals surface area contributed by atoms with Gasteiger partial charge in [-0.15, -0.1) is 0 Å². The first-order valence-corrected chi connectivity index (χ1v) is 12.7. The molecule has 1 amide bonds. The Morgan fingerprint density at radius 2 is 1.28 bits per heavy atom. The number of carboxylic acid groups (broad SMARTS) is 1. The number of aliphatic carboxylic acids is 1. The summed E-state index contributed by atoms with van der Waals surface area (Å²) in [4.78, 5) is 24.2. The third-order valence-electron chi connectivity index (χ3n) is 5.75. The Morgan fingerprint density at radius 3 is 1.72 bits per heavy atom. The number of anilines is 1. The van der Waals surface area contributed by atoms with Crippen LogP contribution < -0.4 is 5.32 Å². The lowest BCUT2D eigenvalue weighted by molar-refractivity contribution is -0.137. The van der Waals surface area contributed by atoms with E-state index in [9.17, 15) is 9.59 Å². The van der Waals surface area contributed by atoms with E-state index < -0.39 is 5.97 Å². The molecule has 0 spiro atoms. The molecule has 0 aliphatic rings. The lowest BCUT2D eigenvalue weighted by Crippen LogP contribution is -2.33. The minimum absolute atomic E-state index is 0.0612. The lowest BCUT2D eigenvalue weighted by Gasteiger charge is -2.18. The highest BCUT2D eigenvalue weighted by Gasteiger charge is 2.10. The maximum Gasteiger partial charge on any atom is 0.303 e. The summed E-state index contributed by atoms with van der Waals surface area (Å²) in [6, 6.07) is 6.03. The fourth-order valence-electron chi connectivity index (χ4n) is 3.60. The predicted molar refractivity (Wildman–Crippen MR) is 136 cm³/mol. The molecule has 1 aromatic carbocycles. The van der Waals surface area contributed by atoms with E-state index in [1.54, 1.807) is 0 Å². The van der Waals surface area contributed by atoms with Crippen molar-refractivity contribution in [2.75, 3.05) is 25.0 Å². The van der Waals surface area contributed by atoms with Gasteiger partial charge < -0.3 is 10.4 Å². The Hall–Kier alpha value is -1.88. The number of aryl methyl sites for hydroxylation is 2. The Labute approximate surface area is 197 Å². The summed E-state index contributed by atoms with van der Waals surface area (Å²) < 4.78 is 0. The highest BCUT2D eigenvalue weighted by atomic mass is 16.4. The Balaban J connectivity index is 0.000000607. The van der Waals surface area contributed by atoms with Crippen LogP contribution in [0.3, 0.4) is 0 Å². The van der Waals surface area contributed by atoms with E-state index in [2.05, 4.69) is 31.0 Å². The van der Waals surface area contributed by atoms with Crippen molar-refractivity contribution in [2.45, 2.75) is 105 Å². The number of hydrogen-bond donors (Lipinski definition) is 2. The van der Waals surface area contributed by atoms with Gasteiger partial charge in [0.1, 0.15) is 0 Å². The normalized spacial score (nSPS) is 10.6. The zero-order valence-corrected chi connectivity index (χ0v) is 21.3. The van der Waals surface area contributed by atoms with Gasteiger partial charge in [-0.3, -0.25) is 14.5 Å². The molecule has 1 aromatic rings. The zero-order chi connectivity index (χ0) is 24.2. The number of carbonyl (C=O) groups is 2. The molecule has 0 saturated heterocycles. The van der Waals surface area contributed by atoms with E-state index in [4.69, 9.17) is 5.11 Å². The maximum absolute atomic E-state index is 11.9. The van der Waals surface area contributed by atoms with Crippen LogP contribution in [0.5, 0.6) is 0 Å². The molecular formula is C27H48N2O3. The van der Waals surface area contributed by atoms with Crippen molar-refractivity contribution in [3.63, 3.8) is 0 Å². The summed E-state index contributed by atoms with van der Waals surface area (Å²) in [6.07, 6.45) is 12.9. The van der Waals surface area contributed by atoms with E-state index in [0.717, 1.165) is 42.7 Å². The Bertz CT molecular complexity index is 607. The van der Waals surface area contributed by atoms with E-state index in [1.807, 2.05) is 32.0 Å². The molecule has 0 aromatic heterocycles. The van der Waals surface area contributed by atoms with Crippen LogP contribution in [-0.4, -0.2) is 41.5 Å². The number of nitrogens with zero attached hydrogens (tertiary/aromatic N) is 1. The molecule has 32 heavy (non-hydrogen) atoms. The number of hydrogen-bond acceptors (Lipinski definition) is 3. The van der Waals surface area contributed by atoms with Crippen LogP contribution in [-0.2, 0) is 9.59 Å². The monoisotopic (exact) mass is 448 g/mol. The average molecular weight is 449 g/mol. The van der Waals surface area contributed by atoms with Crippen molar-refractivity contribution < 1.29 is 14.7 Å². The van der Waals surface area contributed by atoms with Gasteiger partial charge in [-0.05, 0) is 44.5 Å². The Kier molecular flexibility index (Phi) is 18.6. The zero-order valence-electron chi connectivity index (χ0n) is 21.3. The van der Waals surface area contributed by atoms with Crippen molar-refractivity contribution in [1.29, 1.82) is 0 Å². The molecule has 184 valence electrons. The van der Waals surface area contributed by atoms with Gasteiger partial charge in [-0.1, -0.05) is 96.8 Å². The first-order valence-electron chi connectivity index (χ1n) is 12.7. The summed E-state index contributed by atoms with van der Waals surface area (Å²) in [5.41, 5.74) is 3.17. The highest BCUT2D eigenvalue weighted by molar-refractivity contribution is 5.93. The summed E-state index contributed by atoms with van der Waals surface area (Å²) in [7, 11) is 0. The molecule has 0 saturated carbocycles. The topological polar surface area (TPSA) is 69.6 Å². The van der Waals surface area contributed by atoms with Gasteiger partial charge in [0.2, 0.25) is 5.91 Å². The van der Waals surface area contributed by atoms with Crippen LogP contribution in [0.25, 0.3) is 0 Å². The third kappa shape index (κ3) is 15.9. The minimum atomic E-state index is -0.658. The van der Waals surface area contributed by atoms with Gasteiger partial charge in [0.25, 0.3) is 0 Å². The van der Waals surface area contributed by atoms with Gasteiger partial charge in [-0.2, -0.15) is 0 Å². The van der Waals surface area contributed by atoms with Crippen molar-refractivity contribution in [2.24, 2.45) is 0 Å². The first-order chi connectivity index (χ1) is 15.3. The fraction of sp³-hybridized carbons (Fsp3) is 0.704. The molecule has 0 radical (unpaired) electrons. The summed E-state index contributed by atoms with van der Waals surface area (Å²) in [5.74, 6) is -0.597. The standard InChI is InChI=1S/C14H22N2O.C13H26O2/c1-5-16(6-2)10-13(17)15-14-11(3)8-7-9-12(14)4;1-2-3-4-5-6-7-8-9-10-11-12-13(14)15/h7-9H,5-6,10H2,1-4H3,(H,15,17);2-12H2,1H3,(H,14,15). The van der Waals surface area contributed by atoms with E-state index in [1.165, 1.54) is 51.4 Å². The smallest absolute Gasteiger partial charge is 0.303 e. The summed E-state index contributed by atoms with van der Waals surface area (Å²) >= 11 is 0. The molecule has 0 atom stereocenters. The number of likely N-dealkylation sites (N-methyl/N-ethyl adjacent to an activating group) is 1. The number of amides is 1. The lowest BCUT2D eigenvalue weighted by atomic mass is 10.1. The van der Waals surface area contributed by atoms with Gasteiger partial charge in [0, 0.05) is 12.1 Å². The number of unbranched alkanes of at least 4 members (excludes halogenated alkanes) is 9. The molecule has 0 unspecified atom stereocenters. The van der Waals surface area contributed by atoms with Crippen LogP contribution in [0.2, 0.25) is 0 Å². The number of para-hydroxylation sites is 1. The van der Waals surface area contributed by atoms with Crippen LogP contribution in [0.15, 0.2) is 18.2 Å². The van der Waals surface area contributed by atoms with Gasteiger partial charge in [0.15, 0.2) is 0 Å². The number of carbonyl (C=O) groups excluding carboxylic acids is 1. The van der Waals surface area contributed by atoms with Gasteiger partial charge in [0.05, 0.1) is 6.54 Å². The number of benzene rings is 1. The van der Waals surface area contributed by atoms with Gasteiger partial charge >= 0.3 is 5.97 Å². The molecule has 0 aliphatic carbocycles. The molecule has 2 N–H and O–H groups in total. The molecule has 0 bridgehead atoms. The number of nitrogens with one attached hydrogen (secondary N) is 1. The number of carboxylic acids is 1. The molecule has 0 fully saturated rings. The molecule has 1 rings (SSSR count). The fourth-order valence-corrected chi connectivity index (χ4v) is 3.60. The third-order valence-corrected chi connectivity index (χ3v) is 5.75. The van der Waals surface area contributed by atoms with Crippen molar-refractivity contribution in [1.82, 2.24) is 4.90 Å². The molecule has 5 nitrogen and oxygen atoms in total. The molecular weight excluding hydrogens is 400 g/mol. The van der Waals surface area contributed by atoms with E-state index in [-0.39, 0.29) is 5.91 Å². The second-order valence-electron chi connectivity index (χ2n) is 8.60. The largest absolute Gasteiger partial charge is 0.481 e. The predicted octanol–water partition coefficient (Wildman–Crippen LogP) is 6.97. The summed E-state index contributed by atoms with van der Waals surface area (Å²) in [6.45, 7) is 12.7. The highest BCUT2D eigenvalue weighted by Crippen LogP contribution is 2.19. The van der Waals surface area contributed by atoms with Crippen LogP contribution in [0.1, 0.15) is 103 Å². The summed E-state index contributed by atoms with van der Waals surface area (Å²) in [5, 5.41) is 11.4. The van der Waals surface area contributed by atoms with Crippen LogP contribution in [0.4, 0.5) is 5.69 Å². The van der Waals surface area contributed by atoms with E-state index >= 15 is 0 Å². The molecule has 0 heterocycles. The molecule has 5 heteroatoms. The number of rotatable bonds is 16. The quantitative estimate of drug-likeness (QED) is 0.268. The van der Waals surface area contributed by atoms with Crippen molar-refractivity contribution in [3.8, 4) is 0 Å². The Morgan fingerprint density at radius 1 is 0.812 bits per heavy atom. The molecule has 0 aliphatic heterocycles. The maximum atomic E-state index is 11.9. The average Bonchev–Trinajstić information content (AvgIpc) is 2.76.